The second-order valence-electron chi connectivity index (χ2n) is 4.48. The average molecular weight is 652 g/mol. The van der Waals surface area contributed by atoms with Gasteiger partial charge in [0.2, 0.25) is 0 Å². The Morgan fingerprint density at radius 3 is 2.32 bits per heavy atom. The molecule has 0 spiro atoms. The van der Waals surface area contributed by atoms with Gasteiger partial charge in [-0.2, -0.15) is 8.78 Å². The third kappa shape index (κ3) is 4.37. The number of esters is 1. The fourth-order valence-electron chi connectivity index (χ4n) is 1.31. The highest BCUT2D eigenvalue weighted by atomic mass is 127. The molecule has 122 valence electrons. The summed E-state index contributed by atoms with van der Waals surface area (Å²) in [7, 11) is 0. The number of aliphatic carboxylic acids is 1. The monoisotopic (exact) mass is 652 g/mol. The number of carboxylic acid groups (broad SMARTS) is 1. The Bertz CT molecular complexity index is 619. The normalized spacial score (nSPS) is 14.3. The van der Waals surface area contributed by atoms with E-state index in [1.54, 1.807) is 0 Å². The van der Waals surface area contributed by atoms with Gasteiger partial charge in [-0.1, -0.05) is 0 Å². The van der Waals surface area contributed by atoms with Crippen LogP contribution >= 0.6 is 67.8 Å². The van der Waals surface area contributed by atoms with Crippen molar-refractivity contribution >= 4 is 79.7 Å². The van der Waals surface area contributed by atoms with Gasteiger partial charge in [-0.3, -0.25) is 0 Å². The van der Waals surface area contributed by atoms with Gasteiger partial charge in [-0.05, 0) is 86.8 Å². The predicted molar refractivity (Wildman–Crippen MR) is 98.1 cm³/mol. The third-order valence-electron chi connectivity index (χ3n) is 2.64. The van der Waals surface area contributed by atoms with Crippen LogP contribution in [0.15, 0.2) is 12.1 Å². The van der Waals surface area contributed by atoms with E-state index in [4.69, 9.17) is 5.11 Å². The second kappa shape index (κ2) is 7.38. The van der Waals surface area contributed by atoms with Crippen molar-refractivity contribution in [3.63, 3.8) is 0 Å². The van der Waals surface area contributed by atoms with Crippen LogP contribution in [-0.4, -0.2) is 40.3 Å². The molecule has 1 aromatic rings. The van der Waals surface area contributed by atoms with Gasteiger partial charge in [0.1, 0.15) is 6.61 Å². The molecular weight excluding hydrogens is 643 g/mol. The molecule has 1 rings (SSSR count). The van der Waals surface area contributed by atoms with Gasteiger partial charge in [-0.15, -0.1) is 0 Å². The maximum absolute atomic E-state index is 13.3. The van der Waals surface area contributed by atoms with Gasteiger partial charge < -0.3 is 14.9 Å². The van der Waals surface area contributed by atoms with Gasteiger partial charge in [0.05, 0.1) is 5.56 Å². The third-order valence-corrected chi connectivity index (χ3v) is 6.31. The molecule has 0 aliphatic rings. The van der Waals surface area contributed by atoms with Crippen LogP contribution in [0.2, 0.25) is 0 Å². The van der Waals surface area contributed by atoms with Crippen molar-refractivity contribution in [3.8, 4) is 0 Å². The summed E-state index contributed by atoms with van der Waals surface area (Å²) in [5.41, 5.74) is -2.86. The smallest absolute Gasteiger partial charge is 0.377 e. The fourth-order valence-corrected chi connectivity index (χ4v) is 3.69. The molecule has 0 saturated heterocycles. The number of benzene rings is 1. The number of carbonyl (C=O) groups excluding carboxylic acids is 1. The summed E-state index contributed by atoms with van der Waals surface area (Å²) in [6.07, 6.45) is 0. The highest BCUT2D eigenvalue weighted by Crippen LogP contribution is 2.30. The van der Waals surface area contributed by atoms with Crippen molar-refractivity contribution < 1.29 is 33.3 Å². The molecule has 10 heteroatoms. The summed E-state index contributed by atoms with van der Waals surface area (Å²) in [6, 6.07) is 3.32. The Morgan fingerprint density at radius 1 is 1.27 bits per heavy atom. The van der Waals surface area contributed by atoms with E-state index in [0.717, 1.165) is 7.14 Å². The highest BCUT2D eigenvalue weighted by molar-refractivity contribution is 14.1. The van der Waals surface area contributed by atoms with Crippen LogP contribution in [0.3, 0.4) is 0 Å². The minimum absolute atomic E-state index is 0.159. The average Bonchev–Trinajstić information content (AvgIpc) is 2.39. The SMILES string of the molecule is CC(O)(COC(=O)c1cc(I)cc(I)c1I)C(F)(F)C(=O)O. The van der Waals surface area contributed by atoms with Crippen molar-refractivity contribution in [2.75, 3.05) is 6.61 Å². The van der Waals surface area contributed by atoms with Gasteiger partial charge >= 0.3 is 17.9 Å². The summed E-state index contributed by atoms with van der Waals surface area (Å²) in [4.78, 5) is 22.4. The van der Waals surface area contributed by atoms with E-state index in [0.29, 0.717) is 10.5 Å². The van der Waals surface area contributed by atoms with E-state index < -0.39 is 30.1 Å². The Balaban J connectivity index is 2.94. The van der Waals surface area contributed by atoms with E-state index in [2.05, 4.69) is 4.74 Å². The molecular formula is C12H9F2I3O5. The molecule has 1 atom stereocenters. The van der Waals surface area contributed by atoms with E-state index in [-0.39, 0.29) is 5.56 Å². The van der Waals surface area contributed by atoms with Crippen molar-refractivity contribution in [2.45, 2.75) is 18.4 Å². The lowest BCUT2D eigenvalue weighted by molar-refractivity contribution is -0.212. The van der Waals surface area contributed by atoms with Crippen molar-refractivity contribution in [3.05, 3.63) is 28.4 Å². The van der Waals surface area contributed by atoms with Crippen LogP contribution in [0.5, 0.6) is 0 Å². The molecule has 0 aliphatic heterocycles. The standard InChI is InChI=1S/C12H9F2I3O5/c1-11(21,12(13,14)10(19)20)4-22-9(18)6-2-5(15)3-7(16)8(6)17/h2-3,21H,4H2,1H3,(H,19,20). The molecule has 0 heterocycles. The van der Waals surface area contributed by atoms with Gasteiger partial charge in [0.25, 0.3) is 0 Å². The number of carboxylic acids is 1. The van der Waals surface area contributed by atoms with Crippen LogP contribution in [0.1, 0.15) is 17.3 Å². The van der Waals surface area contributed by atoms with E-state index >= 15 is 0 Å². The Hall–Kier alpha value is 0.170. The van der Waals surface area contributed by atoms with Crippen LogP contribution in [-0.2, 0) is 9.53 Å². The van der Waals surface area contributed by atoms with Crippen molar-refractivity contribution in [1.82, 2.24) is 0 Å². The molecule has 2 N–H and O–H groups in total. The first-order chi connectivity index (χ1) is 9.90. The maximum atomic E-state index is 13.3. The first kappa shape index (κ1) is 20.2. The Kier molecular flexibility index (Phi) is 6.78. The van der Waals surface area contributed by atoms with E-state index in [1.807, 2.05) is 73.8 Å². The molecule has 1 unspecified atom stereocenters. The lowest BCUT2D eigenvalue weighted by Crippen LogP contribution is -2.54. The Morgan fingerprint density at radius 2 is 1.82 bits per heavy atom. The largest absolute Gasteiger partial charge is 0.477 e. The van der Waals surface area contributed by atoms with Crippen molar-refractivity contribution in [2.24, 2.45) is 0 Å². The lowest BCUT2D eigenvalue weighted by atomic mass is 9.99. The number of rotatable bonds is 5. The number of hydrogen-bond donors (Lipinski definition) is 2. The maximum Gasteiger partial charge on any atom is 0.377 e. The number of hydrogen-bond acceptors (Lipinski definition) is 4. The molecule has 5 nitrogen and oxygen atoms in total. The zero-order chi connectivity index (χ0) is 17.3. The number of ether oxygens (including phenoxy) is 1. The Labute approximate surface area is 165 Å². The van der Waals surface area contributed by atoms with Gasteiger partial charge in [0, 0.05) is 10.7 Å². The predicted octanol–water partition coefficient (Wildman–Crippen LogP) is 3.13. The van der Waals surface area contributed by atoms with E-state index in [9.17, 15) is 23.5 Å². The van der Waals surface area contributed by atoms with Gasteiger partial charge in [-0.25, -0.2) is 9.59 Å². The molecule has 0 amide bonds. The minimum atomic E-state index is -4.44. The second-order valence-corrected chi connectivity index (χ2v) is 7.97. The number of alkyl halides is 2. The molecule has 22 heavy (non-hydrogen) atoms. The summed E-state index contributed by atoms with van der Waals surface area (Å²) in [5.74, 6) is -7.85. The van der Waals surface area contributed by atoms with Gasteiger partial charge in [0.15, 0.2) is 5.60 Å². The molecule has 0 bridgehead atoms. The van der Waals surface area contributed by atoms with Crippen LogP contribution in [0.25, 0.3) is 0 Å². The first-order valence-electron chi connectivity index (χ1n) is 5.55. The number of carbonyl (C=O) groups is 2. The van der Waals surface area contributed by atoms with Crippen LogP contribution < -0.4 is 0 Å². The molecule has 1 aromatic carbocycles. The lowest BCUT2D eigenvalue weighted by Gasteiger charge is -2.28. The van der Waals surface area contributed by atoms with Crippen LogP contribution in [0, 0.1) is 10.7 Å². The zero-order valence-corrected chi connectivity index (χ0v) is 17.3. The van der Waals surface area contributed by atoms with Crippen LogP contribution in [0.4, 0.5) is 8.78 Å². The molecule has 0 aliphatic carbocycles. The topological polar surface area (TPSA) is 83.8 Å². The number of aliphatic hydroxyl groups is 1. The first-order valence-corrected chi connectivity index (χ1v) is 8.79. The molecule has 0 aromatic heterocycles. The zero-order valence-electron chi connectivity index (χ0n) is 10.9. The molecule has 0 fully saturated rings. The van der Waals surface area contributed by atoms with E-state index in [1.165, 1.54) is 6.07 Å². The minimum Gasteiger partial charge on any atom is -0.477 e. The summed E-state index contributed by atoms with van der Waals surface area (Å²) >= 11 is 5.90. The summed E-state index contributed by atoms with van der Waals surface area (Å²) in [6.45, 7) is -0.554. The molecule has 0 radical (unpaired) electrons. The number of halogens is 5. The summed E-state index contributed by atoms with van der Waals surface area (Å²) < 4.78 is 33.5. The fraction of sp³-hybridized carbons (Fsp3) is 0.333. The molecule has 0 saturated carbocycles. The highest BCUT2D eigenvalue weighted by Gasteiger charge is 2.56. The summed E-state index contributed by atoms with van der Waals surface area (Å²) in [5, 5.41) is 18.0. The quantitative estimate of drug-likeness (QED) is 0.291. The van der Waals surface area contributed by atoms with Crippen molar-refractivity contribution in [1.29, 1.82) is 0 Å².